The molecule has 1 aromatic rings. The van der Waals surface area contributed by atoms with Crippen molar-refractivity contribution < 1.29 is 13.9 Å². The van der Waals surface area contributed by atoms with Crippen LogP contribution in [0.1, 0.15) is 5.56 Å². The lowest BCUT2D eigenvalue weighted by atomic mass is 10.1. The van der Waals surface area contributed by atoms with Crippen LogP contribution in [-0.4, -0.2) is 13.1 Å². The standard InChI is InChI=1S/C10H8BrFO2/c1-6(10(13)14-2)8-5-7(11)3-4-9(8)12/h3-5H,1H2,2H3. The Morgan fingerprint density at radius 1 is 1.57 bits per heavy atom. The molecule has 0 heterocycles. The Balaban J connectivity index is 3.12. The van der Waals surface area contributed by atoms with Crippen LogP contribution in [0.15, 0.2) is 29.3 Å². The van der Waals surface area contributed by atoms with Crippen LogP contribution in [0.25, 0.3) is 5.57 Å². The summed E-state index contributed by atoms with van der Waals surface area (Å²) < 4.78 is 18.3. The van der Waals surface area contributed by atoms with E-state index in [1.165, 1.54) is 19.2 Å². The molecule has 14 heavy (non-hydrogen) atoms. The van der Waals surface area contributed by atoms with Gasteiger partial charge >= 0.3 is 5.97 Å². The van der Waals surface area contributed by atoms with Crippen LogP contribution in [0.3, 0.4) is 0 Å². The van der Waals surface area contributed by atoms with Gasteiger partial charge in [-0.15, -0.1) is 0 Å². The number of esters is 1. The summed E-state index contributed by atoms with van der Waals surface area (Å²) in [4.78, 5) is 11.1. The van der Waals surface area contributed by atoms with Crippen molar-refractivity contribution in [3.63, 3.8) is 0 Å². The minimum atomic E-state index is -0.637. The Morgan fingerprint density at radius 2 is 2.21 bits per heavy atom. The zero-order chi connectivity index (χ0) is 10.7. The highest BCUT2D eigenvalue weighted by atomic mass is 79.9. The molecule has 0 aromatic heterocycles. The molecule has 0 atom stereocenters. The Hall–Kier alpha value is -1.16. The quantitative estimate of drug-likeness (QED) is 0.603. The lowest BCUT2D eigenvalue weighted by Crippen LogP contribution is -2.04. The molecular weight excluding hydrogens is 251 g/mol. The SMILES string of the molecule is C=C(C(=O)OC)c1cc(Br)ccc1F. The summed E-state index contributed by atoms with van der Waals surface area (Å²) in [6.45, 7) is 3.46. The number of halogens is 2. The Morgan fingerprint density at radius 3 is 2.79 bits per heavy atom. The molecule has 0 bridgehead atoms. The Bertz CT molecular complexity index is 388. The first kappa shape index (κ1) is 10.9. The highest BCUT2D eigenvalue weighted by Gasteiger charge is 2.13. The molecule has 1 rings (SSSR count). The molecule has 0 aliphatic rings. The fourth-order valence-electron chi connectivity index (χ4n) is 0.962. The second-order valence-corrected chi connectivity index (χ2v) is 3.51. The van der Waals surface area contributed by atoms with Gasteiger partial charge in [-0.1, -0.05) is 22.5 Å². The topological polar surface area (TPSA) is 26.3 Å². The first-order valence-corrected chi connectivity index (χ1v) is 4.58. The lowest BCUT2D eigenvalue weighted by Gasteiger charge is -2.05. The van der Waals surface area contributed by atoms with Crippen molar-refractivity contribution in [2.75, 3.05) is 7.11 Å². The van der Waals surface area contributed by atoms with Crippen LogP contribution in [0.4, 0.5) is 4.39 Å². The third-order valence-electron chi connectivity index (χ3n) is 1.69. The van der Waals surface area contributed by atoms with E-state index in [-0.39, 0.29) is 11.1 Å². The highest BCUT2D eigenvalue weighted by Crippen LogP contribution is 2.22. The predicted molar refractivity (Wildman–Crippen MR) is 55.2 cm³/mol. The fraction of sp³-hybridized carbons (Fsp3) is 0.100. The molecule has 4 heteroatoms. The maximum absolute atomic E-state index is 13.2. The maximum atomic E-state index is 13.2. The van der Waals surface area contributed by atoms with Crippen LogP contribution in [0, 0.1) is 5.82 Å². The molecule has 2 nitrogen and oxygen atoms in total. The van der Waals surface area contributed by atoms with Gasteiger partial charge < -0.3 is 4.74 Å². The zero-order valence-corrected chi connectivity index (χ0v) is 9.10. The molecule has 0 saturated carbocycles. The molecular formula is C10H8BrFO2. The molecule has 0 amide bonds. The van der Waals surface area contributed by atoms with E-state index in [1.807, 2.05) is 0 Å². The van der Waals surface area contributed by atoms with Gasteiger partial charge in [0, 0.05) is 10.0 Å². The average Bonchev–Trinajstić information content (AvgIpc) is 2.19. The minimum Gasteiger partial charge on any atom is -0.465 e. The van der Waals surface area contributed by atoms with Gasteiger partial charge in [-0.25, -0.2) is 9.18 Å². The van der Waals surface area contributed by atoms with E-state index in [4.69, 9.17) is 0 Å². The highest BCUT2D eigenvalue weighted by molar-refractivity contribution is 9.10. The molecule has 0 fully saturated rings. The van der Waals surface area contributed by atoms with Crippen LogP contribution in [0.5, 0.6) is 0 Å². The first-order chi connectivity index (χ1) is 6.56. The second-order valence-electron chi connectivity index (χ2n) is 2.59. The van der Waals surface area contributed by atoms with Gasteiger partial charge in [-0.3, -0.25) is 0 Å². The van der Waals surface area contributed by atoms with Gasteiger partial charge in [-0.2, -0.15) is 0 Å². The minimum absolute atomic E-state index is 0.00583. The number of carbonyl (C=O) groups excluding carboxylic acids is 1. The smallest absolute Gasteiger partial charge is 0.337 e. The maximum Gasteiger partial charge on any atom is 0.337 e. The molecule has 0 aliphatic heterocycles. The molecule has 0 unspecified atom stereocenters. The number of carbonyl (C=O) groups is 1. The van der Waals surface area contributed by atoms with E-state index < -0.39 is 11.8 Å². The van der Waals surface area contributed by atoms with E-state index in [9.17, 15) is 9.18 Å². The van der Waals surface area contributed by atoms with Crippen LogP contribution in [-0.2, 0) is 9.53 Å². The largest absolute Gasteiger partial charge is 0.465 e. The number of ether oxygens (including phenoxy) is 1. The number of methoxy groups -OCH3 is 1. The third-order valence-corrected chi connectivity index (χ3v) is 2.18. The van der Waals surface area contributed by atoms with Gasteiger partial charge in [0.05, 0.1) is 12.7 Å². The van der Waals surface area contributed by atoms with E-state index in [0.717, 1.165) is 0 Å². The summed E-state index contributed by atoms with van der Waals surface area (Å²) in [5.74, 6) is -1.13. The molecule has 1 aromatic carbocycles. The molecule has 74 valence electrons. The molecule has 0 N–H and O–H groups in total. The number of hydrogen-bond acceptors (Lipinski definition) is 2. The number of benzene rings is 1. The first-order valence-electron chi connectivity index (χ1n) is 3.79. The van der Waals surface area contributed by atoms with Gasteiger partial charge in [0.15, 0.2) is 0 Å². The Labute approximate surface area is 89.5 Å². The summed E-state index contributed by atoms with van der Waals surface area (Å²) >= 11 is 3.18. The van der Waals surface area contributed by atoms with Crippen molar-refractivity contribution in [1.29, 1.82) is 0 Å². The number of hydrogen-bond donors (Lipinski definition) is 0. The van der Waals surface area contributed by atoms with Crippen molar-refractivity contribution in [2.45, 2.75) is 0 Å². The van der Waals surface area contributed by atoms with Crippen molar-refractivity contribution in [1.82, 2.24) is 0 Å². The van der Waals surface area contributed by atoms with Gasteiger partial charge in [0.25, 0.3) is 0 Å². The average molecular weight is 259 g/mol. The van der Waals surface area contributed by atoms with Crippen LogP contribution >= 0.6 is 15.9 Å². The fourth-order valence-corrected chi connectivity index (χ4v) is 1.32. The van der Waals surface area contributed by atoms with Gasteiger partial charge in [0.2, 0.25) is 0 Å². The number of rotatable bonds is 2. The monoisotopic (exact) mass is 258 g/mol. The van der Waals surface area contributed by atoms with Crippen molar-refractivity contribution in [2.24, 2.45) is 0 Å². The van der Waals surface area contributed by atoms with Crippen LogP contribution in [0.2, 0.25) is 0 Å². The van der Waals surface area contributed by atoms with Crippen molar-refractivity contribution in [3.8, 4) is 0 Å². The van der Waals surface area contributed by atoms with Gasteiger partial charge in [-0.05, 0) is 18.2 Å². The van der Waals surface area contributed by atoms with E-state index >= 15 is 0 Å². The van der Waals surface area contributed by atoms with E-state index in [0.29, 0.717) is 4.47 Å². The molecule has 0 radical (unpaired) electrons. The van der Waals surface area contributed by atoms with Gasteiger partial charge in [0.1, 0.15) is 5.82 Å². The third kappa shape index (κ3) is 2.20. The van der Waals surface area contributed by atoms with Crippen molar-refractivity contribution >= 4 is 27.5 Å². The second kappa shape index (κ2) is 4.37. The van der Waals surface area contributed by atoms with E-state index in [1.54, 1.807) is 6.07 Å². The summed E-state index contributed by atoms with van der Waals surface area (Å²) in [5.41, 5.74) is 0.150. The van der Waals surface area contributed by atoms with E-state index in [2.05, 4.69) is 27.2 Å². The van der Waals surface area contributed by atoms with Crippen LogP contribution < -0.4 is 0 Å². The summed E-state index contributed by atoms with van der Waals surface area (Å²) in [6.07, 6.45) is 0. The molecule has 0 spiro atoms. The zero-order valence-electron chi connectivity index (χ0n) is 7.51. The molecule has 0 saturated heterocycles. The predicted octanol–water partition coefficient (Wildman–Crippen LogP) is 2.77. The normalized spacial score (nSPS) is 9.64. The summed E-state index contributed by atoms with van der Waals surface area (Å²) in [6, 6.07) is 4.28. The van der Waals surface area contributed by atoms with Crippen molar-refractivity contribution in [3.05, 3.63) is 40.6 Å². The summed E-state index contributed by atoms with van der Waals surface area (Å²) in [5, 5.41) is 0. The lowest BCUT2D eigenvalue weighted by molar-refractivity contribution is -0.133. The molecule has 0 aliphatic carbocycles. The Kier molecular flexibility index (Phi) is 3.41. The summed E-state index contributed by atoms with van der Waals surface area (Å²) in [7, 11) is 1.23.